The maximum Gasteiger partial charge on any atom is 0.0678 e. The third-order valence-corrected chi connectivity index (χ3v) is 4.29. The minimum Gasteiger partial charge on any atom is -0.375 e. The number of nitrogens with two attached hydrogens (primary N) is 1. The van der Waals surface area contributed by atoms with E-state index in [4.69, 9.17) is 15.2 Å². The summed E-state index contributed by atoms with van der Waals surface area (Å²) >= 11 is 0. The van der Waals surface area contributed by atoms with Crippen molar-refractivity contribution in [1.29, 1.82) is 0 Å². The van der Waals surface area contributed by atoms with Gasteiger partial charge in [-0.25, -0.2) is 0 Å². The molecule has 0 radical (unpaired) electrons. The van der Waals surface area contributed by atoms with Gasteiger partial charge in [0.2, 0.25) is 0 Å². The normalized spacial score (nSPS) is 41.8. The maximum atomic E-state index is 6.14. The van der Waals surface area contributed by atoms with E-state index in [-0.39, 0.29) is 11.1 Å². The van der Waals surface area contributed by atoms with Gasteiger partial charge in [0.15, 0.2) is 0 Å². The molecule has 4 heteroatoms. The van der Waals surface area contributed by atoms with Crippen LogP contribution in [-0.4, -0.2) is 54.5 Å². The van der Waals surface area contributed by atoms with Crippen molar-refractivity contribution in [3.63, 3.8) is 0 Å². The summed E-state index contributed by atoms with van der Waals surface area (Å²) in [6, 6.07) is 0. The Morgan fingerprint density at radius 1 is 1.22 bits per heavy atom. The molecule has 0 spiro atoms. The molecule has 2 aliphatic heterocycles. The van der Waals surface area contributed by atoms with Crippen LogP contribution in [0.5, 0.6) is 0 Å². The number of hydrogen-bond acceptors (Lipinski definition) is 4. The zero-order chi connectivity index (χ0) is 13.4. The minimum absolute atomic E-state index is 0.0671. The van der Waals surface area contributed by atoms with E-state index in [2.05, 4.69) is 32.6 Å². The van der Waals surface area contributed by atoms with Crippen LogP contribution in [0.1, 0.15) is 40.5 Å². The number of rotatable bonds is 2. The molecule has 0 aromatic heterocycles. The molecule has 0 aliphatic carbocycles. The summed E-state index contributed by atoms with van der Waals surface area (Å²) in [5, 5.41) is 0. The summed E-state index contributed by atoms with van der Waals surface area (Å²) in [5.41, 5.74) is 6.17. The first-order valence-electron chi connectivity index (χ1n) is 7.11. The van der Waals surface area contributed by atoms with E-state index >= 15 is 0 Å². The molecule has 0 bridgehead atoms. The lowest BCUT2D eigenvalue weighted by molar-refractivity contribution is -0.156. The Kier molecular flexibility index (Phi) is 4.02. The van der Waals surface area contributed by atoms with Crippen molar-refractivity contribution in [3.8, 4) is 0 Å². The third kappa shape index (κ3) is 2.87. The van der Waals surface area contributed by atoms with Crippen LogP contribution in [0.2, 0.25) is 0 Å². The molecular formula is C14H28N2O2. The summed E-state index contributed by atoms with van der Waals surface area (Å²) in [4.78, 5) is 2.55. The average Bonchev–Trinajstić information content (AvgIpc) is 2.26. The van der Waals surface area contributed by atoms with E-state index in [0.717, 1.165) is 32.5 Å². The molecule has 106 valence electrons. The fraction of sp³-hybridized carbons (Fsp3) is 1.00. The van der Waals surface area contributed by atoms with Crippen molar-refractivity contribution in [2.45, 2.75) is 63.9 Å². The van der Waals surface area contributed by atoms with Gasteiger partial charge in [0, 0.05) is 31.8 Å². The van der Waals surface area contributed by atoms with Crippen LogP contribution in [0.3, 0.4) is 0 Å². The number of nitrogens with zero attached hydrogens (tertiary/aromatic N) is 1. The molecule has 2 N–H and O–H groups in total. The SMILES string of the molecule is CC1CN(C2(CN)CCOC(C)(C)C2)CC(C)O1. The average molecular weight is 256 g/mol. The summed E-state index contributed by atoms with van der Waals surface area (Å²) in [6.45, 7) is 12.1. The molecule has 0 aromatic carbocycles. The van der Waals surface area contributed by atoms with Crippen molar-refractivity contribution in [3.05, 3.63) is 0 Å². The molecule has 18 heavy (non-hydrogen) atoms. The zero-order valence-corrected chi connectivity index (χ0v) is 12.2. The Bertz CT molecular complexity index is 286. The van der Waals surface area contributed by atoms with E-state index < -0.39 is 0 Å². The van der Waals surface area contributed by atoms with Gasteiger partial charge >= 0.3 is 0 Å². The van der Waals surface area contributed by atoms with Crippen LogP contribution in [-0.2, 0) is 9.47 Å². The lowest BCUT2D eigenvalue weighted by Gasteiger charge is -2.53. The molecule has 0 aromatic rings. The van der Waals surface area contributed by atoms with Crippen LogP contribution in [0, 0.1) is 0 Å². The van der Waals surface area contributed by atoms with Gasteiger partial charge in [0.25, 0.3) is 0 Å². The monoisotopic (exact) mass is 256 g/mol. The van der Waals surface area contributed by atoms with Crippen molar-refractivity contribution < 1.29 is 9.47 Å². The zero-order valence-electron chi connectivity index (χ0n) is 12.2. The van der Waals surface area contributed by atoms with Gasteiger partial charge < -0.3 is 15.2 Å². The number of hydrogen-bond donors (Lipinski definition) is 1. The second kappa shape index (κ2) is 5.08. The Labute approximate surface area is 111 Å². The summed E-state index contributed by atoms with van der Waals surface area (Å²) in [6.07, 6.45) is 2.63. The highest BCUT2D eigenvalue weighted by molar-refractivity contribution is 5.01. The molecule has 3 atom stereocenters. The quantitative estimate of drug-likeness (QED) is 0.811. The van der Waals surface area contributed by atoms with Gasteiger partial charge in [-0.3, -0.25) is 4.90 Å². The standard InChI is InChI=1S/C14H28N2O2/c1-11-7-16(8-12(2)18-11)14(10-15)5-6-17-13(3,4)9-14/h11-12H,5-10,15H2,1-4H3. The highest BCUT2D eigenvalue weighted by Crippen LogP contribution is 2.37. The Morgan fingerprint density at radius 3 is 2.33 bits per heavy atom. The van der Waals surface area contributed by atoms with Gasteiger partial charge in [0.05, 0.1) is 17.8 Å². The minimum atomic E-state index is -0.0671. The fourth-order valence-corrected chi connectivity index (χ4v) is 3.59. The highest BCUT2D eigenvalue weighted by atomic mass is 16.5. The molecule has 2 rings (SSSR count). The molecule has 2 aliphatic rings. The first kappa shape index (κ1) is 14.3. The molecule has 3 unspecified atom stereocenters. The molecule has 2 heterocycles. The molecule has 0 amide bonds. The summed E-state index contributed by atoms with van der Waals surface area (Å²) in [5.74, 6) is 0. The van der Waals surface area contributed by atoms with E-state index in [1.807, 2.05) is 0 Å². The first-order valence-corrected chi connectivity index (χ1v) is 7.11. The van der Waals surface area contributed by atoms with Crippen molar-refractivity contribution in [2.75, 3.05) is 26.2 Å². The van der Waals surface area contributed by atoms with Crippen LogP contribution in [0.4, 0.5) is 0 Å². The number of ether oxygens (including phenoxy) is 2. The first-order chi connectivity index (χ1) is 8.37. The topological polar surface area (TPSA) is 47.7 Å². The fourth-order valence-electron chi connectivity index (χ4n) is 3.59. The van der Waals surface area contributed by atoms with Gasteiger partial charge in [0.1, 0.15) is 0 Å². The summed E-state index contributed by atoms with van der Waals surface area (Å²) in [7, 11) is 0. The smallest absolute Gasteiger partial charge is 0.0678 e. The second-order valence-electron chi connectivity index (χ2n) is 6.63. The third-order valence-electron chi connectivity index (χ3n) is 4.29. The van der Waals surface area contributed by atoms with Gasteiger partial charge in [-0.1, -0.05) is 0 Å². The van der Waals surface area contributed by atoms with E-state index in [1.54, 1.807) is 0 Å². The van der Waals surface area contributed by atoms with Crippen molar-refractivity contribution in [2.24, 2.45) is 5.73 Å². The van der Waals surface area contributed by atoms with Gasteiger partial charge in [-0.15, -0.1) is 0 Å². The van der Waals surface area contributed by atoms with Crippen LogP contribution < -0.4 is 5.73 Å². The van der Waals surface area contributed by atoms with E-state index in [9.17, 15) is 0 Å². The Morgan fingerprint density at radius 2 is 1.83 bits per heavy atom. The predicted octanol–water partition coefficient (Wildman–Crippen LogP) is 1.38. The van der Waals surface area contributed by atoms with Crippen LogP contribution >= 0.6 is 0 Å². The van der Waals surface area contributed by atoms with E-state index in [0.29, 0.717) is 18.8 Å². The maximum absolute atomic E-state index is 6.14. The van der Waals surface area contributed by atoms with Crippen molar-refractivity contribution >= 4 is 0 Å². The second-order valence-corrected chi connectivity index (χ2v) is 6.63. The van der Waals surface area contributed by atoms with Crippen molar-refractivity contribution in [1.82, 2.24) is 4.90 Å². The Balaban J connectivity index is 2.15. The summed E-state index contributed by atoms with van der Waals surface area (Å²) < 4.78 is 11.7. The highest BCUT2D eigenvalue weighted by Gasteiger charge is 2.45. The largest absolute Gasteiger partial charge is 0.375 e. The molecule has 4 nitrogen and oxygen atoms in total. The predicted molar refractivity (Wildman–Crippen MR) is 72.6 cm³/mol. The molecule has 2 fully saturated rings. The number of morpholine rings is 1. The molecule has 2 saturated heterocycles. The molecule has 0 saturated carbocycles. The van der Waals surface area contributed by atoms with E-state index in [1.165, 1.54) is 0 Å². The molecular weight excluding hydrogens is 228 g/mol. The lowest BCUT2D eigenvalue weighted by atomic mass is 9.79. The van der Waals surface area contributed by atoms with Crippen LogP contribution in [0.25, 0.3) is 0 Å². The Hall–Kier alpha value is -0.160. The van der Waals surface area contributed by atoms with Crippen LogP contribution in [0.15, 0.2) is 0 Å². The van der Waals surface area contributed by atoms with Gasteiger partial charge in [-0.2, -0.15) is 0 Å². The van der Waals surface area contributed by atoms with Gasteiger partial charge in [-0.05, 0) is 40.5 Å². The lowest BCUT2D eigenvalue weighted by Crippen LogP contribution is -2.64.